The molecule has 2 aromatic heterocycles. The van der Waals surface area contributed by atoms with Gasteiger partial charge in [-0.15, -0.1) is 38.8 Å². The molecule has 0 saturated heterocycles. The fraction of sp³-hybridized carbons (Fsp3) is 0.109. The molecule has 0 aliphatic carbocycles. The molecule has 1 aliphatic rings. The van der Waals surface area contributed by atoms with E-state index in [9.17, 15) is 0 Å². The van der Waals surface area contributed by atoms with Crippen LogP contribution in [0.5, 0.6) is 0 Å². The van der Waals surface area contributed by atoms with Crippen molar-refractivity contribution >= 4 is 38.9 Å². The number of hydrogen-bond donors (Lipinski definition) is 0. The molecule has 0 saturated carbocycles. The van der Waals surface area contributed by atoms with Gasteiger partial charge in [0.15, 0.2) is 0 Å². The van der Waals surface area contributed by atoms with Gasteiger partial charge in [-0.3, -0.25) is 0 Å². The summed E-state index contributed by atoms with van der Waals surface area (Å²) in [5.74, 6) is 1.18. The first-order valence-corrected chi connectivity index (χ1v) is 17.2. The molecule has 52 heavy (non-hydrogen) atoms. The van der Waals surface area contributed by atoms with E-state index in [1.165, 1.54) is 5.56 Å². The SMILES string of the molecule is [2H]C([2H])([2H])N1[OH+]N(c2[c-]c(C(c3[c-]c4c(cc3)c3ccccc3n4-c3cc(C(C)C)ccn3)(c3ccccc3)c3ccccc3)ccc2)c2ccccc21.[Pt]. The summed E-state index contributed by atoms with van der Waals surface area (Å²) in [7, 11) is 0. The smallest absolute Gasteiger partial charge is 0.145 e. The first-order chi connectivity index (χ1) is 26.2. The molecule has 258 valence electrons. The van der Waals surface area contributed by atoms with E-state index in [1.54, 1.807) is 11.1 Å². The molecule has 6 aromatic carbocycles. The Morgan fingerprint density at radius 3 is 2.08 bits per heavy atom. The number of pyridine rings is 1. The zero-order chi connectivity index (χ0) is 37.0. The maximum atomic E-state index is 8.23. The van der Waals surface area contributed by atoms with Crippen LogP contribution in [0.4, 0.5) is 17.1 Å². The van der Waals surface area contributed by atoms with Crippen LogP contribution in [-0.2, 0) is 26.5 Å². The molecule has 8 aromatic rings. The minimum absolute atomic E-state index is 0. The monoisotopic (exact) mass is 859 g/mol. The topological polar surface area (TPSA) is 37.1 Å². The second kappa shape index (κ2) is 13.6. The van der Waals surface area contributed by atoms with Gasteiger partial charge >= 0.3 is 0 Å². The van der Waals surface area contributed by atoms with Crippen LogP contribution in [0.15, 0.2) is 158 Å². The van der Waals surface area contributed by atoms with Crippen molar-refractivity contribution < 1.29 is 30.1 Å². The Morgan fingerprint density at radius 2 is 1.35 bits per heavy atom. The van der Waals surface area contributed by atoms with Gasteiger partial charge < -0.3 is 4.57 Å². The zero-order valence-electron chi connectivity index (χ0n) is 31.6. The summed E-state index contributed by atoms with van der Waals surface area (Å²) in [5.41, 5.74) is 7.93. The Morgan fingerprint density at radius 1 is 0.673 bits per heavy atom. The van der Waals surface area contributed by atoms with Crippen LogP contribution in [0, 0.1) is 12.1 Å². The number of hydroxylamine groups is 1. The molecule has 1 aliphatic heterocycles. The van der Waals surface area contributed by atoms with Crippen LogP contribution in [0.25, 0.3) is 27.6 Å². The van der Waals surface area contributed by atoms with E-state index >= 15 is 0 Å². The van der Waals surface area contributed by atoms with Crippen LogP contribution >= 0.6 is 0 Å². The molecule has 0 atom stereocenters. The molecule has 0 fully saturated rings. The third-order valence-corrected chi connectivity index (χ3v) is 10.00. The average molecular weight is 860 g/mol. The largest absolute Gasteiger partial charge is 0.319 e. The van der Waals surface area contributed by atoms with E-state index in [-0.39, 0.29) is 21.1 Å². The molecule has 0 unspecified atom stereocenters. The molecule has 1 N–H and O–H groups in total. The van der Waals surface area contributed by atoms with Gasteiger partial charge in [-0.1, -0.05) is 110 Å². The number of anilines is 3. The van der Waals surface area contributed by atoms with Crippen molar-refractivity contribution in [1.29, 1.82) is 0 Å². The van der Waals surface area contributed by atoms with Crippen LogP contribution in [0.1, 0.15) is 51.7 Å². The number of rotatable bonds is 7. The fourth-order valence-corrected chi connectivity index (χ4v) is 7.56. The fourth-order valence-electron chi connectivity index (χ4n) is 7.56. The summed E-state index contributed by atoms with van der Waals surface area (Å²) in [4.78, 5) is 9.53. The van der Waals surface area contributed by atoms with E-state index < -0.39 is 12.4 Å². The summed E-state index contributed by atoms with van der Waals surface area (Å²) in [5, 5.41) is 4.98. The second-order valence-corrected chi connectivity index (χ2v) is 13.2. The normalized spacial score (nSPS) is 13.9. The van der Waals surface area contributed by atoms with Gasteiger partial charge in [-0.05, 0) is 58.3 Å². The molecule has 3 heterocycles. The first-order valence-electron chi connectivity index (χ1n) is 18.7. The molecule has 0 bridgehead atoms. The van der Waals surface area contributed by atoms with Crippen molar-refractivity contribution in [3.63, 3.8) is 0 Å². The van der Waals surface area contributed by atoms with Gasteiger partial charge in [-0.25, -0.2) is 4.98 Å². The van der Waals surface area contributed by atoms with Crippen LogP contribution in [-0.4, -0.2) is 21.5 Å². The number of hydrogen-bond acceptors (Lipinski definition) is 3. The molecular formula is C46H37N4OPt-. The van der Waals surface area contributed by atoms with Gasteiger partial charge in [0.2, 0.25) is 0 Å². The Hall–Kier alpha value is -5.48. The predicted molar refractivity (Wildman–Crippen MR) is 207 cm³/mol. The quantitative estimate of drug-likeness (QED) is 0.0910. The second-order valence-electron chi connectivity index (χ2n) is 13.2. The van der Waals surface area contributed by atoms with Crippen LogP contribution < -0.4 is 10.1 Å². The Bertz CT molecular complexity index is 2600. The van der Waals surface area contributed by atoms with E-state index in [0.29, 0.717) is 23.0 Å². The predicted octanol–water partition coefficient (Wildman–Crippen LogP) is 10.7. The molecule has 0 spiro atoms. The minimum atomic E-state index is -2.47. The van der Waals surface area contributed by atoms with Crippen molar-refractivity contribution in [3.05, 3.63) is 198 Å². The van der Waals surface area contributed by atoms with Gasteiger partial charge in [0, 0.05) is 43.9 Å². The summed E-state index contributed by atoms with van der Waals surface area (Å²) < 4.78 is 26.9. The molecule has 0 radical (unpaired) electrons. The van der Waals surface area contributed by atoms with Crippen molar-refractivity contribution in [2.45, 2.75) is 25.2 Å². The van der Waals surface area contributed by atoms with Crippen molar-refractivity contribution in [2.24, 2.45) is 0 Å². The van der Waals surface area contributed by atoms with E-state index in [4.69, 9.17) is 9.10 Å². The standard InChI is InChI=1S/C46H36N4O.Pt/c1-32(2)33-27-28-47-45(29-33)49-41-22-11-10-21-39(41)40-26-25-37(31-44(40)49)46(34-15-6-4-7-16-34,35-17-8-5-9-18-35)36-19-14-20-38(30-36)50-43-24-13-12-23-42(43)48(3)51-50;/h4-29,32H,1-3H3;/q-2;/p+1/i3D3;. The van der Waals surface area contributed by atoms with Crippen LogP contribution in [0.3, 0.4) is 0 Å². The number of aromatic nitrogens is 2. The van der Waals surface area contributed by atoms with E-state index in [1.807, 2.05) is 48.7 Å². The maximum Gasteiger partial charge on any atom is 0.145 e. The number of para-hydroxylation sites is 3. The van der Waals surface area contributed by atoms with Gasteiger partial charge in [0.1, 0.15) is 17.2 Å². The first kappa shape index (κ1) is 30.2. The molecule has 5 nitrogen and oxygen atoms in total. The van der Waals surface area contributed by atoms with Crippen molar-refractivity contribution in [3.8, 4) is 5.82 Å². The summed E-state index contributed by atoms with van der Waals surface area (Å²) >= 11 is 0. The zero-order valence-corrected chi connectivity index (χ0v) is 30.9. The van der Waals surface area contributed by atoms with Gasteiger partial charge in [-0.2, -0.15) is 35.3 Å². The Labute approximate surface area is 323 Å². The number of nitrogens with zero attached hydrogens (tertiary/aromatic N) is 4. The Balaban J connectivity index is 0.00000427. The third-order valence-electron chi connectivity index (χ3n) is 10.00. The van der Waals surface area contributed by atoms with Gasteiger partial charge in [0.25, 0.3) is 0 Å². The third kappa shape index (κ3) is 5.35. The summed E-state index contributed by atoms with van der Waals surface area (Å²) in [6, 6.07) is 59.2. The average Bonchev–Trinajstić information content (AvgIpc) is 3.76. The van der Waals surface area contributed by atoms with Crippen molar-refractivity contribution in [1.82, 2.24) is 9.55 Å². The minimum Gasteiger partial charge on any atom is -0.319 e. The molecule has 9 rings (SSSR count). The molecule has 0 amide bonds. The number of fused-ring (bicyclic) bond motifs is 4. The Kier molecular flexibility index (Phi) is 7.88. The summed E-state index contributed by atoms with van der Waals surface area (Å²) in [6.45, 7) is 1.93. The van der Waals surface area contributed by atoms with Crippen LogP contribution in [0.2, 0.25) is 0 Å². The van der Waals surface area contributed by atoms with E-state index in [0.717, 1.165) is 54.9 Å². The summed E-state index contributed by atoms with van der Waals surface area (Å²) in [6.07, 6.45) is 1.89. The van der Waals surface area contributed by atoms with Gasteiger partial charge in [0.05, 0.1) is 11.1 Å². The maximum absolute atomic E-state index is 8.23. The molecule has 6 heteroatoms. The van der Waals surface area contributed by atoms with E-state index in [2.05, 4.69) is 139 Å². The van der Waals surface area contributed by atoms with Crippen molar-refractivity contribution in [2.75, 3.05) is 17.1 Å². The number of benzene rings is 6. The molecular weight excluding hydrogens is 820 g/mol.